The monoisotopic (exact) mass is 340 g/mol. The molecule has 0 radical (unpaired) electrons. The standard InChI is InChI=1S/C19H24N4O2/c24-18-19(25,14-21-13-17-7-10-20-15-22-17)9-4-11-23(18)12-8-16-5-2-1-3-6-16/h1-3,5-7,10,15,21,25H,4,8-9,11-14H2. The van der Waals surface area contributed by atoms with Crippen molar-refractivity contribution in [3.8, 4) is 0 Å². The van der Waals surface area contributed by atoms with Crippen LogP contribution in [-0.2, 0) is 17.8 Å². The van der Waals surface area contributed by atoms with Crippen LogP contribution >= 0.6 is 0 Å². The van der Waals surface area contributed by atoms with Crippen LogP contribution in [0, 0.1) is 0 Å². The normalized spacial score (nSPS) is 20.7. The number of benzene rings is 1. The molecule has 2 N–H and O–H groups in total. The van der Waals surface area contributed by atoms with Gasteiger partial charge in [-0.25, -0.2) is 9.97 Å². The topological polar surface area (TPSA) is 78.4 Å². The number of hydrogen-bond acceptors (Lipinski definition) is 5. The van der Waals surface area contributed by atoms with Crippen molar-refractivity contribution in [3.05, 3.63) is 60.2 Å². The molecule has 0 bridgehead atoms. The number of aliphatic hydroxyl groups is 1. The summed E-state index contributed by atoms with van der Waals surface area (Å²) in [5.41, 5.74) is 0.705. The number of nitrogens with one attached hydrogen (secondary N) is 1. The maximum Gasteiger partial charge on any atom is 0.255 e. The van der Waals surface area contributed by atoms with E-state index in [-0.39, 0.29) is 12.5 Å². The first-order valence-electron chi connectivity index (χ1n) is 8.69. The Bertz CT molecular complexity index is 680. The fourth-order valence-corrected chi connectivity index (χ4v) is 3.17. The highest BCUT2D eigenvalue weighted by molar-refractivity contribution is 5.86. The van der Waals surface area contributed by atoms with Gasteiger partial charge in [0.2, 0.25) is 0 Å². The summed E-state index contributed by atoms with van der Waals surface area (Å²) in [6.45, 7) is 2.08. The van der Waals surface area contributed by atoms with Crippen LogP contribution in [-0.4, -0.2) is 51.1 Å². The largest absolute Gasteiger partial charge is 0.379 e. The van der Waals surface area contributed by atoms with E-state index in [4.69, 9.17) is 0 Å². The van der Waals surface area contributed by atoms with Crippen molar-refractivity contribution in [2.24, 2.45) is 0 Å². The zero-order valence-electron chi connectivity index (χ0n) is 14.3. The Labute approximate surface area is 147 Å². The van der Waals surface area contributed by atoms with Gasteiger partial charge in [0.15, 0.2) is 5.60 Å². The van der Waals surface area contributed by atoms with E-state index in [1.807, 2.05) is 24.3 Å². The average Bonchev–Trinajstić information content (AvgIpc) is 2.65. The number of hydrogen-bond donors (Lipinski definition) is 2. The molecule has 1 saturated heterocycles. The lowest BCUT2D eigenvalue weighted by atomic mass is 9.91. The SMILES string of the molecule is O=C1N(CCc2ccccc2)CCCC1(O)CNCc1ccncn1. The fraction of sp³-hybridized carbons (Fsp3) is 0.421. The first-order chi connectivity index (χ1) is 12.2. The van der Waals surface area contributed by atoms with Crippen LogP contribution in [0.2, 0.25) is 0 Å². The molecule has 0 spiro atoms. The summed E-state index contributed by atoms with van der Waals surface area (Å²) >= 11 is 0. The summed E-state index contributed by atoms with van der Waals surface area (Å²) in [6, 6.07) is 11.9. The minimum Gasteiger partial charge on any atom is -0.379 e. The summed E-state index contributed by atoms with van der Waals surface area (Å²) in [6.07, 6.45) is 5.27. The second kappa shape index (κ2) is 8.18. The Morgan fingerprint density at radius 2 is 2.08 bits per heavy atom. The van der Waals surface area contributed by atoms with Crippen molar-refractivity contribution >= 4 is 5.91 Å². The van der Waals surface area contributed by atoms with Crippen LogP contribution in [0.4, 0.5) is 0 Å². The lowest BCUT2D eigenvalue weighted by molar-refractivity contribution is -0.156. The van der Waals surface area contributed by atoms with Gasteiger partial charge in [0.1, 0.15) is 6.33 Å². The summed E-state index contributed by atoms with van der Waals surface area (Å²) in [4.78, 5) is 22.5. The average molecular weight is 340 g/mol. The third kappa shape index (κ3) is 4.61. The van der Waals surface area contributed by atoms with E-state index in [1.165, 1.54) is 11.9 Å². The predicted molar refractivity (Wildman–Crippen MR) is 94.6 cm³/mol. The van der Waals surface area contributed by atoms with Crippen molar-refractivity contribution in [1.82, 2.24) is 20.2 Å². The minimum atomic E-state index is -1.33. The van der Waals surface area contributed by atoms with Crippen LogP contribution in [0.15, 0.2) is 48.9 Å². The number of aromatic nitrogens is 2. The number of carbonyl (C=O) groups is 1. The summed E-state index contributed by atoms with van der Waals surface area (Å²) in [7, 11) is 0. The number of nitrogens with zero attached hydrogens (tertiary/aromatic N) is 3. The third-order valence-corrected chi connectivity index (χ3v) is 4.58. The number of carbonyl (C=O) groups excluding carboxylic acids is 1. The summed E-state index contributed by atoms with van der Waals surface area (Å²) < 4.78 is 0. The van der Waals surface area contributed by atoms with Gasteiger partial charge in [-0.1, -0.05) is 30.3 Å². The molecule has 6 nitrogen and oxygen atoms in total. The highest BCUT2D eigenvalue weighted by atomic mass is 16.3. The molecular formula is C19H24N4O2. The van der Waals surface area contributed by atoms with Gasteiger partial charge in [0.05, 0.1) is 5.69 Å². The molecule has 1 aliphatic rings. The number of amides is 1. The zero-order valence-corrected chi connectivity index (χ0v) is 14.3. The molecule has 1 amide bonds. The van der Waals surface area contributed by atoms with Crippen molar-refractivity contribution in [3.63, 3.8) is 0 Å². The molecule has 0 aliphatic carbocycles. The molecule has 132 valence electrons. The Morgan fingerprint density at radius 3 is 2.84 bits per heavy atom. The van der Waals surface area contributed by atoms with E-state index in [0.717, 1.165) is 18.5 Å². The molecule has 6 heteroatoms. The molecule has 2 aromatic rings. The zero-order chi connectivity index (χ0) is 17.5. The van der Waals surface area contributed by atoms with Crippen LogP contribution in [0.25, 0.3) is 0 Å². The smallest absolute Gasteiger partial charge is 0.255 e. The Balaban J connectivity index is 1.53. The third-order valence-electron chi connectivity index (χ3n) is 4.58. The fourth-order valence-electron chi connectivity index (χ4n) is 3.17. The van der Waals surface area contributed by atoms with Crippen molar-refractivity contribution in [2.45, 2.75) is 31.4 Å². The second-order valence-corrected chi connectivity index (χ2v) is 6.47. The van der Waals surface area contributed by atoms with Gasteiger partial charge in [-0.3, -0.25) is 4.79 Å². The number of rotatable bonds is 7. The van der Waals surface area contributed by atoms with Crippen LogP contribution in [0.1, 0.15) is 24.1 Å². The van der Waals surface area contributed by atoms with Gasteiger partial charge in [-0.2, -0.15) is 0 Å². The first-order valence-corrected chi connectivity index (χ1v) is 8.69. The Morgan fingerprint density at radius 1 is 1.24 bits per heavy atom. The molecule has 1 aliphatic heterocycles. The second-order valence-electron chi connectivity index (χ2n) is 6.47. The van der Waals surface area contributed by atoms with E-state index >= 15 is 0 Å². The molecule has 1 fully saturated rings. The van der Waals surface area contributed by atoms with E-state index in [9.17, 15) is 9.90 Å². The van der Waals surface area contributed by atoms with Crippen LogP contribution in [0.5, 0.6) is 0 Å². The molecule has 1 unspecified atom stereocenters. The molecule has 1 aromatic carbocycles. The molecule has 2 heterocycles. The molecule has 0 saturated carbocycles. The van der Waals surface area contributed by atoms with E-state index in [2.05, 4.69) is 27.4 Å². The van der Waals surface area contributed by atoms with E-state index < -0.39 is 5.60 Å². The summed E-state index contributed by atoms with van der Waals surface area (Å²) in [5, 5.41) is 13.9. The number of likely N-dealkylation sites (tertiary alicyclic amines) is 1. The van der Waals surface area contributed by atoms with Crippen molar-refractivity contribution in [2.75, 3.05) is 19.6 Å². The molecule has 1 aromatic heterocycles. The molecule has 1 atom stereocenters. The molecule has 3 rings (SSSR count). The van der Waals surface area contributed by atoms with Gasteiger partial charge in [-0.15, -0.1) is 0 Å². The predicted octanol–water partition coefficient (Wildman–Crippen LogP) is 1.16. The highest BCUT2D eigenvalue weighted by Gasteiger charge is 2.41. The van der Waals surface area contributed by atoms with Crippen LogP contribution < -0.4 is 5.32 Å². The van der Waals surface area contributed by atoms with E-state index in [1.54, 1.807) is 11.1 Å². The summed E-state index contributed by atoms with van der Waals surface area (Å²) in [5.74, 6) is -0.176. The maximum atomic E-state index is 12.7. The van der Waals surface area contributed by atoms with Gasteiger partial charge in [0.25, 0.3) is 5.91 Å². The first kappa shape index (κ1) is 17.5. The van der Waals surface area contributed by atoms with Gasteiger partial charge in [0, 0.05) is 32.4 Å². The number of piperidine rings is 1. The van der Waals surface area contributed by atoms with Crippen LogP contribution in [0.3, 0.4) is 0 Å². The minimum absolute atomic E-state index is 0.176. The lowest BCUT2D eigenvalue weighted by Crippen LogP contribution is -2.58. The van der Waals surface area contributed by atoms with E-state index in [0.29, 0.717) is 26.1 Å². The van der Waals surface area contributed by atoms with Crippen molar-refractivity contribution < 1.29 is 9.90 Å². The Hall–Kier alpha value is -2.31. The molecule has 25 heavy (non-hydrogen) atoms. The van der Waals surface area contributed by atoms with Crippen molar-refractivity contribution in [1.29, 1.82) is 0 Å². The lowest BCUT2D eigenvalue weighted by Gasteiger charge is -2.38. The Kier molecular flexibility index (Phi) is 5.73. The van der Waals surface area contributed by atoms with Gasteiger partial charge >= 0.3 is 0 Å². The molecular weight excluding hydrogens is 316 g/mol. The highest BCUT2D eigenvalue weighted by Crippen LogP contribution is 2.22. The van der Waals surface area contributed by atoms with Gasteiger partial charge in [-0.05, 0) is 30.9 Å². The van der Waals surface area contributed by atoms with Gasteiger partial charge < -0.3 is 15.3 Å². The maximum absolute atomic E-state index is 12.7. The quantitative estimate of drug-likeness (QED) is 0.791.